The molecule has 0 fully saturated rings. The zero-order valence-corrected chi connectivity index (χ0v) is 11.2. The number of aromatic nitrogens is 2. The number of nitrogens with zero attached hydrogens (tertiary/aromatic N) is 2. The first-order valence-corrected chi connectivity index (χ1v) is 6.13. The summed E-state index contributed by atoms with van der Waals surface area (Å²) >= 11 is 0. The molecule has 0 amide bonds. The lowest BCUT2D eigenvalue weighted by molar-refractivity contribution is 0.627. The lowest BCUT2D eigenvalue weighted by atomic mass is 10.1. The van der Waals surface area contributed by atoms with Crippen molar-refractivity contribution < 1.29 is 4.39 Å². The number of aryl methyl sites for hydroxylation is 1. The second kappa shape index (κ2) is 5.32. The Morgan fingerprint density at radius 3 is 2.58 bits per heavy atom. The topological polar surface area (TPSA) is 63.8 Å². The van der Waals surface area contributed by atoms with Crippen molar-refractivity contribution in [1.82, 2.24) is 9.97 Å². The van der Waals surface area contributed by atoms with Crippen LogP contribution < -0.4 is 11.3 Å². The van der Waals surface area contributed by atoms with Gasteiger partial charge in [-0.15, -0.1) is 0 Å². The second-order valence-electron chi connectivity index (χ2n) is 4.76. The normalized spacial score (nSPS) is 10.8. The molecule has 4 nitrogen and oxygen atoms in total. The van der Waals surface area contributed by atoms with E-state index in [9.17, 15) is 4.39 Å². The van der Waals surface area contributed by atoms with Gasteiger partial charge >= 0.3 is 0 Å². The molecule has 1 heterocycles. The van der Waals surface area contributed by atoms with Crippen LogP contribution in [0.25, 0.3) is 11.4 Å². The highest BCUT2D eigenvalue weighted by molar-refractivity contribution is 5.61. The van der Waals surface area contributed by atoms with E-state index in [1.807, 2.05) is 20.8 Å². The monoisotopic (exact) mass is 260 g/mol. The summed E-state index contributed by atoms with van der Waals surface area (Å²) in [5.74, 6) is 6.36. The summed E-state index contributed by atoms with van der Waals surface area (Å²) in [6.07, 6.45) is 0. The highest BCUT2D eigenvalue weighted by Gasteiger charge is 2.11. The number of anilines is 1. The van der Waals surface area contributed by atoms with Gasteiger partial charge in [0.1, 0.15) is 11.6 Å². The SMILES string of the molecule is Cc1ccc(F)cc1-c1nc(NN)cc(C(C)C)n1. The van der Waals surface area contributed by atoms with Crippen LogP contribution in [0.4, 0.5) is 10.2 Å². The van der Waals surface area contributed by atoms with Gasteiger partial charge in [-0.1, -0.05) is 19.9 Å². The molecule has 0 saturated heterocycles. The molecule has 2 rings (SSSR count). The van der Waals surface area contributed by atoms with Crippen molar-refractivity contribution in [2.24, 2.45) is 5.84 Å². The van der Waals surface area contributed by atoms with Gasteiger partial charge in [0.25, 0.3) is 0 Å². The average molecular weight is 260 g/mol. The third kappa shape index (κ3) is 2.88. The largest absolute Gasteiger partial charge is 0.308 e. The fraction of sp³-hybridized carbons (Fsp3) is 0.286. The Bertz CT molecular complexity index is 596. The first-order chi connectivity index (χ1) is 9.01. The van der Waals surface area contributed by atoms with Crippen LogP contribution in [0.1, 0.15) is 31.0 Å². The smallest absolute Gasteiger partial charge is 0.162 e. The zero-order chi connectivity index (χ0) is 14.0. The Morgan fingerprint density at radius 2 is 1.95 bits per heavy atom. The van der Waals surface area contributed by atoms with E-state index in [2.05, 4.69) is 15.4 Å². The fourth-order valence-electron chi connectivity index (χ4n) is 1.79. The van der Waals surface area contributed by atoms with Gasteiger partial charge in [0.15, 0.2) is 5.82 Å². The van der Waals surface area contributed by atoms with Crippen molar-refractivity contribution in [1.29, 1.82) is 0 Å². The van der Waals surface area contributed by atoms with Gasteiger partial charge in [0.05, 0.1) is 0 Å². The van der Waals surface area contributed by atoms with Crippen molar-refractivity contribution in [3.63, 3.8) is 0 Å². The number of nitrogens with two attached hydrogens (primary N) is 1. The van der Waals surface area contributed by atoms with Crippen molar-refractivity contribution >= 4 is 5.82 Å². The number of hydrogen-bond acceptors (Lipinski definition) is 4. The van der Waals surface area contributed by atoms with Gasteiger partial charge < -0.3 is 5.43 Å². The molecule has 0 unspecified atom stereocenters. The molecule has 0 spiro atoms. The quantitative estimate of drug-likeness (QED) is 0.657. The molecule has 3 N–H and O–H groups in total. The molecule has 0 aliphatic heterocycles. The summed E-state index contributed by atoms with van der Waals surface area (Å²) < 4.78 is 13.4. The maximum absolute atomic E-state index is 13.4. The molecule has 0 saturated carbocycles. The van der Waals surface area contributed by atoms with E-state index in [1.165, 1.54) is 12.1 Å². The summed E-state index contributed by atoms with van der Waals surface area (Å²) in [6.45, 7) is 5.96. The molecule has 1 aromatic heterocycles. The van der Waals surface area contributed by atoms with Crippen LogP contribution in [0.15, 0.2) is 24.3 Å². The Labute approximate surface area is 111 Å². The minimum atomic E-state index is -0.304. The lowest BCUT2D eigenvalue weighted by Gasteiger charge is -2.11. The summed E-state index contributed by atoms with van der Waals surface area (Å²) in [6, 6.07) is 6.37. The molecule has 0 bridgehead atoms. The van der Waals surface area contributed by atoms with Crippen LogP contribution in [0, 0.1) is 12.7 Å². The van der Waals surface area contributed by atoms with Crippen molar-refractivity contribution in [3.8, 4) is 11.4 Å². The minimum Gasteiger partial charge on any atom is -0.308 e. The third-order valence-corrected chi connectivity index (χ3v) is 2.93. The lowest BCUT2D eigenvalue weighted by Crippen LogP contribution is -2.11. The van der Waals surface area contributed by atoms with E-state index in [0.29, 0.717) is 17.2 Å². The standard InChI is InChI=1S/C14H17FN4/c1-8(2)12-7-13(19-16)18-14(17-12)11-6-10(15)5-4-9(11)3/h4-8H,16H2,1-3H3,(H,17,18,19). The van der Waals surface area contributed by atoms with Crippen LogP contribution in [-0.2, 0) is 0 Å². The van der Waals surface area contributed by atoms with E-state index in [1.54, 1.807) is 12.1 Å². The van der Waals surface area contributed by atoms with Crippen LogP contribution >= 0.6 is 0 Å². The number of hydrazine groups is 1. The van der Waals surface area contributed by atoms with Crippen LogP contribution in [0.3, 0.4) is 0 Å². The first-order valence-electron chi connectivity index (χ1n) is 6.13. The number of halogens is 1. The Balaban J connectivity index is 2.60. The molecule has 100 valence electrons. The van der Waals surface area contributed by atoms with Gasteiger partial charge in [-0.2, -0.15) is 0 Å². The van der Waals surface area contributed by atoms with Gasteiger partial charge in [0, 0.05) is 17.3 Å². The van der Waals surface area contributed by atoms with Crippen molar-refractivity contribution in [2.45, 2.75) is 26.7 Å². The number of rotatable bonds is 3. The molecule has 2 aromatic rings. The van der Waals surface area contributed by atoms with E-state index >= 15 is 0 Å². The number of nitrogen functional groups attached to an aromatic ring is 1. The third-order valence-electron chi connectivity index (χ3n) is 2.93. The maximum atomic E-state index is 13.4. The van der Waals surface area contributed by atoms with E-state index in [-0.39, 0.29) is 11.7 Å². The summed E-state index contributed by atoms with van der Waals surface area (Å²) in [4.78, 5) is 8.77. The minimum absolute atomic E-state index is 0.239. The molecule has 1 aromatic carbocycles. The molecule has 0 atom stereocenters. The number of nitrogens with one attached hydrogen (secondary N) is 1. The molecule has 5 heteroatoms. The van der Waals surface area contributed by atoms with Crippen molar-refractivity contribution in [2.75, 3.05) is 5.43 Å². The Kier molecular flexibility index (Phi) is 3.76. The van der Waals surface area contributed by atoms with Crippen LogP contribution in [0.2, 0.25) is 0 Å². The molecule has 0 radical (unpaired) electrons. The Hall–Kier alpha value is -2.01. The molecular weight excluding hydrogens is 243 g/mol. The number of hydrogen-bond donors (Lipinski definition) is 2. The molecular formula is C14H17FN4. The molecule has 0 aliphatic rings. The highest BCUT2D eigenvalue weighted by atomic mass is 19.1. The Morgan fingerprint density at radius 1 is 1.21 bits per heavy atom. The van der Waals surface area contributed by atoms with E-state index < -0.39 is 0 Å². The van der Waals surface area contributed by atoms with Gasteiger partial charge in [-0.05, 0) is 30.5 Å². The van der Waals surface area contributed by atoms with Crippen LogP contribution in [-0.4, -0.2) is 9.97 Å². The predicted molar refractivity (Wildman–Crippen MR) is 74.1 cm³/mol. The summed E-state index contributed by atoms with van der Waals surface area (Å²) in [7, 11) is 0. The predicted octanol–water partition coefficient (Wildman–Crippen LogP) is 3.00. The van der Waals surface area contributed by atoms with E-state index in [4.69, 9.17) is 5.84 Å². The number of benzene rings is 1. The highest BCUT2D eigenvalue weighted by Crippen LogP contribution is 2.24. The maximum Gasteiger partial charge on any atom is 0.162 e. The van der Waals surface area contributed by atoms with Crippen LogP contribution in [0.5, 0.6) is 0 Å². The van der Waals surface area contributed by atoms with E-state index in [0.717, 1.165) is 11.3 Å². The molecule has 19 heavy (non-hydrogen) atoms. The zero-order valence-electron chi connectivity index (χ0n) is 11.2. The van der Waals surface area contributed by atoms with Gasteiger partial charge in [-0.3, -0.25) is 0 Å². The summed E-state index contributed by atoms with van der Waals surface area (Å²) in [5, 5.41) is 0. The molecule has 0 aliphatic carbocycles. The van der Waals surface area contributed by atoms with Gasteiger partial charge in [-0.25, -0.2) is 20.2 Å². The fourth-order valence-corrected chi connectivity index (χ4v) is 1.79. The first kappa shape index (κ1) is 13.4. The second-order valence-corrected chi connectivity index (χ2v) is 4.76. The van der Waals surface area contributed by atoms with Gasteiger partial charge in [0.2, 0.25) is 0 Å². The van der Waals surface area contributed by atoms with Crippen molar-refractivity contribution in [3.05, 3.63) is 41.3 Å². The summed E-state index contributed by atoms with van der Waals surface area (Å²) in [5.41, 5.74) is 4.99. The average Bonchev–Trinajstić information content (AvgIpc) is 2.40.